The first-order chi connectivity index (χ1) is 13.7. The zero-order valence-electron chi connectivity index (χ0n) is 16.5. The molecule has 1 fully saturated rings. The Morgan fingerprint density at radius 2 is 2.14 bits per heavy atom. The monoisotopic (exact) mass is 401 g/mol. The molecule has 0 amide bonds. The molecule has 6 nitrogen and oxygen atoms in total. The van der Waals surface area contributed by atoms with Gasteiger partial charge in [0.2, 0.25) is 0 Å². The standard InChI is InChI=1S/C21H28ClN5O/c1-3-23-21(25-14-16-8-5-6-10-19(16)28-4-2)26-17-11-13-27(15-17)20-18(22)9-7-12-24-20/h5-10,12,17H,3-4,11,13-15H2,1-2H3,(H2,23,25,26). The normalized spacial score (nSPS) is 16.9. The molecule has 0 aliphatic carbocycles. The van der Waals surface area contributed by atoms with Crippen LogP contribution in [0.1, 0.15) is 25.8 Å². The zero-order chi connectivity index (χ0) is 19.8. The number of nitrogens with zero attached hydrogens (tertiary/aromatic N) is 3. The van der Waals surface area contributed by atoms with E-state index >= 15 is 0 Å². The summed E-state index contributed by atoms with van der Waals surface area (Å²) in [7, 11) is 0. The second-order valence-electron chi connectivity index (χ2n) is 6.62. The SMILES string of the molecule is CCNC(=NCc1ccccc1OCC)NC1CCN(c2ncccc2Cl)C1. The lowest BCUT2D eigenvalue weighted by Crippen LogP contribution is -2.44. The lowest BCUT2D eigenvalue weighted by molar-refractivity contribution is 0.336. The predicted octanol–water partition coefficient (Wildman–Crippen LogP) is 3.47. The third-order valence-corrected chi connectivity index (χ3v) is 4.89. The van der Waals surface area contributed by atoms with E-state index in [9.17, 15) is 0 Å². The molecule has 7 heteroatoms. The number of ether oxygens (including phenoxy) is 1. The number of hydrogen-bond donors (Lipinski definition) is 2. The summed E-state index contributed by atoms with van der Waals surface area (Å²) in [4.78, 5) is 11.4. The van der Waals surface area contributed by atoms with E-state index in [4.69, 9.17) is 21.3 Å². The Kier molecular flexibility index (Phi) is 7.37. The van der Waals surface area contributed by atoms with Gasteiger partial charge in [-0.05, 0) is 38.5 Å². The highest BCUT2D eigenvalue weighted by molar-refractivity contribution is 6.32. The second-order valence-corrected chi connectivity index (χ2v) is 7.03. The van der Waals surface area contributed by atoms with Crippen LogP contribution in [0.2, 0.25) is 5.02 Å². The van der Waals surface area contributed by atoms with Crippen LogP contribution in [0.15, 0.2) is 47.6 Å². The molecule has 1 saturated heterocycles. The summed E-state index contributed by atoms with van der Waals surface area (Å²) >= 11 is 6.29. The van der Waals surface area contributed by atoms with Gasteiger partial charge >= 0.3 is 0 Å². The fourth-order valence-electron chi connectivity index (χ4n) is 3.29. The van der Waals surface area contributed by atoms with Crippen LogP contribution in [0, 0.1) is 0 Å². The average molecular weight is 402 g/mol. The molecule has 1 aliphatic heterocycles. The fourth-order valence-corrected chi connectivity index (χ4v) is 3.53. The van der Waals surface area contributed by atoms with Crippen molar-refractivity contribution in [3.63, 3.8) is 0 Å². The quantitative estimate of drug-likeness (QED) is 0.549. The lowest BCUT2D eigenvalue weighted by Gasteiger charge is -2.20. The van der Waals surface area contributed by atoms with E-state index in [1.54, 1.807) is 6.20 Å². The molecule has 2 N–H and O–H groups in total. The minimum Gasteiger partial charge on any atom is -0.494 e. The van der Waals surface area contributed by atoms with Gasteiger partial charge in [-0.25, -0.2) is 9.98 Å². The second kappa shape index (κ2) is 10.2. The number of pyridine rings is 1. The van der Waals surface area contributed by atoms with Crippen molar-refractivity contribution in [1.29, 1.82) is 0 Å². The highest BCUT2D eigenvalue weighted by Crippen LogP contribution is 2.25. The van der Waals surface area contributed by atoms with Crippen molar-refractivity contribution in [2.24, 2.45) is 4.99 Å². The van der Waals surface area contributed by atoms with Crippen LogP contribution < -0.4 is 20.3 Å². The molecule has 28 heavy (non-hydrogen) atoms. The number of guanidine groups is 1. The van der Waals surface area contributed by atoms with Crippen LogP contribution >= 0.6 is 11.6 Å². The zero-order valence-corrected chi connectivity index (χ0v) is 17.2. The lowest BCUT2D eigenvalue weighted by atomic mass is 10.2. The molecule has 0 bridgehead atoms. The Morgan fingerprint density at radius 3 is 2.93 bits per heavy atom. The molecule has 2 heterocycles. The van der Waals surface area contributed by atoms with Gasteiger partial charge in [0.15, 0.2) is 5.96 Å². The molecule has 150 valence electrons. The summed E-state index contributed by atoms with van der Waals surface area (Å²) in [6.07, 6.45) is 2.79. The average Bonchev–Trinajstić information content (AvgIpc) is 3.16. The highest BCUT2D eigenvalue weighted by Gasteiger charge is 2.25. The first-order valence-electron chi connectivity index (χ1n) is 9.82. The molecule has 1 aromatic heterocycles. The van der Waals surface area contributed by atoms with Gasteiger partial charge in [-0.15, -0.1) is 0 Å². The first-order valence-corrected chi connectivity index (χ1v) is 10.2. The van der Waals surface area contributed by atoms with E-state index in [-0.39, 0.29) is 6.04 Å². The first kappa shape index (κ1) is 20.3. The number of halogens is 1. The van der Waals surface area contributed by atoms with Gasteiger partial charge in [-0.3, -0.25) is 0 Å². The maximum absolute atomic E-state index is 6.29. The van der Waals surface area contributed by atoms with Crippen molar-refractivity contribution >= 4 is 23.4 Å². The third-order valence-electron chi connectivity index (χ3n) is 4.59. The van der Waals surface area contributed by atoms with Crippen molar-refractivity contribution in [3.05, 3.63) is 53.2 Å². The Hall–Kier alpha value is -2.47. The van der Waals surface area contributed by atoms with Crippen molar-refractivity contribution in [2.75, 3.05) is 31.1 Å². The Bertz CT molecular complexity index is 798. The largest absolute Gasteiger partial charge is 0.494 e. The van der Waals surface area contributed by atoms with Gasteiger partial charge < -0.3 is 20.3 Å². The van der Waals surface area contributed by atoms with Gasteiger partial charge in [0.05, 0.1) is 18.2 Å². The number of aromatic nitrogens is 1. The van der Waals surface area contributed by atoms with Crippen LogP contribution in [-0.2, 0) is 6.54 Å². The molecule has 0 spiro atoms. The van der Waals surface area contributed by atoms with E-state index in [0.717, 1.165) is 49.1 Å². The highest BCUT2D eigenvalue weighted by atomic mass is 35.5. The van der Waals surface area contributed by atoms with E-state index in [1.807, 2.05) is 37.3 Å². The molecule has 1 aliphatic rings. The van der Waals surface area contributed by atoms with Gasteiger partial charge in [0, 0.05) is 37.4 Å². The molecule has 1 atom stereocenters. The minimum atomic E-state index is 0.290. The maximum atomic E-state index is 6.29. The van der Waals surface area contributed by atoms with E-state index in [0.29, 0.717) is 18.2 Å². The summed E-state index contributed by atoms with van der Waals surface area (Å²) in [6, 6.07) is 12.1. The molecule has 0 radical (unpaired) electrons. The molecule has 2 aromatic rings. The van der Waals surface area contributed by atoms with Crippen molar-refractivity contribution in [3.8, 4) is 5.75 Å². The summed E-state index contributed by atoms with van der Waals surface area (Å²) in [6.45, 7) is 7.84. The summed E-state index contributed by atoms with van der Waals surface area (Å²) in [5.74, 6) is 2.55. The van der Waals surface area contributed by atoms with Crippen LogP contribution in [-0.4, -0.2) is 43.2 Å². The van der Waals surface area contributed by atoms with Gasteiger partial charge in [-0.2, -0.15) is 0 Å². The number of hydrogen-bond acceptors (Lipinski definition) is 4. The van der Waals surface area contributed by atoms with Gasteiger partial charge in [0.1, 0.15) is 11.6 Å². The number of rotatable bonds is 7. The number of anilines is 1. The van der Waals surface area contributed by atoms with E-state index in [1.165, 1.54) is 0 Å². The topological polar surface area (TPSA) is 61.8 Å². The summed E-state index contributed by atoms with van der Waals surface area (Å²) in [5, 5.41) is 7.57. The van der Waals surface area contributed by atoms with Crippen LogP contribution in [0.5, 0.6) is 5.75 Å². The smallest absolute Gasteiger partial charge is 0.191 e. The van der Waals surface area contributed by atoms with E-state index < -0.39 is 0 Å². The Morgan fingerprint density at radius 1 is 1.29 bits per heavy atom. The van der Waals surface area contributed by atoms with Gasteiger partial charge in [-0.1, -0.05) is 29.8 Å². The number of aliphatic imine (C=N–C) groups is 1. The number of para-hydroxylation sites is 1. The van der Waals surface area contributed by atoms with Crippen molar-refractivity contribution in [2.45, 2.75) is 32.9 Å². The molecule has 3 rings (SSSR count). The Labute approximate surface area is 172 Å². The molecular formula is C21H28ClN5O. The van der Waals surface area contributed by atoms with Crippen LogP contribution in [0.3, 0.4) is 0 Å². The van der Waals surface area contributed by atoms with Crippen molar-refractivity contribution < 1.29 is 4.74 Å². The summed E-state index contributed by atoms with van der Waals surface area (Å²) in [5.41, 5.74) is 1.08. The van der Waals surface area contributed by atoms with Crippen LogP contribution in [0.25, 0.3) is 0 Å². The summed E-state index contributed by atoms with van der Waals surface area (Å²) < 4.78 is 5.70. The maximum Gasteiger partial charge on any atom is 0.191 e. The number of nitrogens with one attached hydrogen (secondary N) is 2. The molecule has 1 unspecified atom stereocenters. The Balaban J connectivity index is 1.64. The van der Waals surface area contributed by atoms with Crippen molar-refractivity contribution in [1.82, 2.24) is 15.6 Å². The molecule has 0 saturated carbocycles. The molecular weight excluding hydrogens is 374 g/mol. The minimum absolute atomic E-state index is 0.290. The third kappa shape index (κ3) is 5.29. The van der Waals surface area contributed by atoms with Gasteiger partial charge in [0.25, 0.3) is 0 Å². The predicted molar refractivity (Wildman–Crippen MR) is 115 cm³/mol. The molecule has 1 aromatic carbocycles. The number of benzene rings is 1. The fraction of sp³-hybridized carbons (Fsp3) is 0.429. The van der Waals surface area contributed by atoms with Crippen LogP contribution in [0.4, 0.5) is 5.82 Å². The van der Waals surface area contributed by atoms with E-state index in [2.05, 4.69) is 33.5 Å².